The number of ether oxygens (including phenoxy) is 1. The minimum absolute atomic E-state index is 0.00166. The van der Waals surface area contributed by atoms with Crippen molar-refractivity contribution in [3.63, 3.8) is 0 Å². The summed E-state index contributed by atoms with van der Waals surface area (Å²) in [6.45, 7) is 3.60. The number of H-pyrrole nitrogens is 1. The first-order chi connectivity index (χ1) is 16.1. The molecule has 2 N–H and O–H groups in total. The highest BCUT2D eigenvalue weighted by Crippen LogP contribution is 2.31. The second kappa shape index (κ2) is 10.6. The molecule has 0 aliphatic heterocycles. The average molecular weight is 463 g/mol. The van der Waals surface area contributed by atoms with Crippen LogP contribution < -0.4 is 10.1 Å². The number of aryl methyl sites for hydroxylation is 1. The van der Waals surface area contributed by atoms with E-state index in [2.05, 4.69) is 51.9 Å². The molecule has 7 heteroatoms. The molecule has 0 aliphatic carbocycles. The number of hydrogen-bond donors (Lipinski definition) is 2. The standard InChI is InChI=1S/C26H30N4O2S/c1-4-26-29-19(17-33-26)15-30(2)16-25(31)28-13-22(18-9-11-20(32-3)12-10-18)23-14-27-24-8-6-5-7-21(23)24/h5-12,14,17,22,27H,4,13,15-16H2,1-3H3,(H,28,31). The van der Waals surface area contributed by atoms with Gasteiger partial charge in [0.15, 0.2) is 0 Å². The Morgan fingerprint density at radius 3 is 2.73 bits per heavy atom. The molecule has 0 radical (unpaired) electrons. The van der Waals surface area contributed by atoms with Crippen molar-refractivity contribution in [3.05, 3.63) is 81.9 Å². The zero-order chi connectivity index (χ0) is 23.2. The third kappa shape index (κ3) is 5.61. The quantitative estimate of drug-likeness (QED) is 0.362. The predicted molar refractivity (Wildman–Crippen MR) is 134 cm³/mol. The van der Waals surface area contributed by atoms with E-state index in [9.17, 15) is 4.79 Å². The fourth-order valence-corrected chi connectivity index (χ4v) is 4.80. The van der Waals surface area contributed by atoms with E-state index < -0.39 is 0 Å². The first-order valence-corrected chi connectivity index (χ1v) is 12.0. The lowest BCUT2D eigenvalue weighted by Gasteiger charge is -2.20. The van der Waals surface area contributed by atoms with E-state index in [4.69, 9.17) is 4.74 Å². The minimum atomic E-state index is 0.00166. The summed E-state index contributed by atoms with van der Waals surface area (Å²) in [5.41, 5.74) is 4.40. The summed E-state index contributed by atoms with van der Waals surface area (Å²) >= 11 is 1.67. The van der Waals surface area contributed by atoms with Gasteiger partial charge in [-0.1, -0.05) is 37.3 Å². The molecule has 0 saturated heterocycles. The molecule has 2 heterocycles. The lowest BCUT2D eigenvalue weighted by atomic mass is 9.90. The van der Waals surface area contributed by atoms with Gasteiger partial charge < -0.3 is 15.0 Å². The number of aromatic nitrogens is 2. The van der Waals surface area contributed by atoms with Crippen molar-refractivity contribution >= 4 is 28.1 Å². The molecule has 1 unspecified atom stereocenters. The summed E-state index contributed by atoms with van der Waals surface area (Å²) in [5, 5.41) is 7.52. The summed E-state index contributed by atoms with van der Waals surface area (Å²) in [6, 6.07) is 16.3. The number of likely N-dealkylation sites (N-methyl/N-ethyl adjacent to an activating group) is 1. The van der Waals surface area contributed by atoms with Crippen LogP contribution in [0.1, 0.15) is 34.7 Å². The molecule has 1 atom stereocenters. The number of carbonyl (C=O) groups is 1. The van der Waals surface area contributed by atoms with Crippen LogP contribution >= 0.6 is 11.3 Å². The van der Waals surface area contributed by atoms with Crippen LogP contribution in [-0.4, -0.2) is 48.0 Å². The van der Waals surface area contributed by atoms with E-state index >= 15 is 0 Å². The first kappa shape index (κ1) is 23.0. The number of methoxy groups -OCH3 is 1. The highest BCUT2D eigenvalue weighted by atomic mass is 32.1. The van der Waals surface area contributed by atoms with Crippen molar-refractivity contribution in [2.75, 3.05) is 27.2 Å². The molecule has 4 aromatic rings. The fraction of sp³-hybridized carbons (Fsp3) is 0.308. The molecule has 4 rings (SSSR count). The van der Waals surface area contributed by atoms with E-state index in [1.54, 1.807) is 18.4 Å². The molecule has 0 fully saturated rings. The SMILES string of the molecule is CCc1nc(CN(C)CC(=O)NCC(c2ccc(OC)cc2)c2c[nH]c3ccccc23)cs1. The number of nitrogens with zero attached hydrogens (tertiary/aromatic N) is 2. The summed E-state index contributed by atoms with van der Waals surface area (Å²) in [5.74, 6) is 0.837. The second-order valence-corrected chi connectivity index (χ2v) is 9.12. The Kier molecular flexibility index (Phi) is 7.42. The highest BCUT2D eigenvalue weighted by Gasteiger charge is 2.20. The maximum Gasteiger partial charge on any atom is 0.234 e. The van der Waals surface area contributed by atoms with Gasteiger partial charge in [0, 0.05) is 41.5 Å². The Morgan fingerprint density at radius 1 is 1.21 bits per heavy atom. The number of fused-ring (bicyclic) bond motifs is 1. The molecule has 0 spiro atoms. The Hall–Kier alpha value is -3.16. The Bertz CT molecular complexity index is 1200. The van der Waals surface area contributed by atoms with Crippen molar-refractivity contribution in [1.29, 1.82) is 0 Å². The number of amides is 1. The number of carbonyl (C=O) groups excluding carboxylic acids is 1. The van der Waals surface area contributed by atoms with Crippen molar-refractivity contribution < 1.29 is 9.53 Å². The Labute approximate surface area is 198 Å². The van der Waals surface area contributed by atoms with Crippen LogP contribution in [0.3, 0.4) is 0 Å². The summed E-state index contributed by atoms with van der Waals surface area (Å²) in [6.07, 6.45) is 2.99. The molecular formula is C26H30N4O2S. The van der Waals surface area contributed by atoms with Crippen molar-refractivity contribution in [2.45, 2.75) is 25.8 Å². The van der Waals surface area contributed by atoms with E-state index in [0.29, 0.717) is 19.6 Å². The Morgan fingerprint density at radius 2 is 2.00 bits per heavy atom. The molecule has 0 bridgehead atoms. The molecule has 1 amide bonds. The maximum atomic E-state index is 12.8. The van der Waals surface area contributed by atoms with Gasteiger partial charge in [0.05, 0.1) is 24.4 Å². The minimum Gasteiger partial charge on any atom is -0.497 e. The van der Waals surface area contributed by atoms with Crippen molar-refractivity contribution in [3.8, 4) is 5.75 Å². The molecular weight excluding hydrogens is 432 g/mol. The predicted octanol–water partition coefficient (Wildman–Crippen LogP) is 4.58. The second-order valence-electron chi connectivity index (χ2n) is 8.18. The monoisotopic (exact) mass is 462 g/mol. The molecule has 33 heavy (non-hydrogen) atoms. The van der Waals surface area contributed by atoms with Gasteiger partial charge in [0.2, 0.25) is 5.91 Å². The fourth-order valence-electron chi connectivity index (χ4n) is 4.06. The van der Waals surface area contributed by atoms with Crippen LogP contribution in [-0.2, 0) is 17.8 Å². The molecule has 6 nitrogen and oxygen atoms in total. The molecule has 0 saturated carbocycles. The number of para-hydroxylation sites is 1. The van der Waals surface area contributed by atoms with E-state index in [1.165, 1.54) is 10.9 Å². The average Bonchev–Trinajstić information content (AvgIpc) is 3.46. The van der Waals surface area contributed by atoms with Crippen LogP contribution in [0.2, 0.25) is 0 Å². The number of hydrogen-bond acceptors (Lipinski definition) is 5. The van der Waals surface area contributed by atoms with Gasteiger partial charge in [0.1, 0.15) is 5.75 Å². The van der Waals surface area contributed by atoms with Gasteiger partial charge in [-0.2, -0.15) is 0 Å². The van der Waals surface area contributed by atoms with Gasteiger partial charge in [-0.3, -0.25) is 9.69 Å². The van der Waals surface area contributed by atoms with Gasteiger partial charge in [-0.15, -0.1) is 11.3 Å². The van der Waals surface area contributed by atoms with Crippen molar-refractivity contribution in [1.82, 2.24) is 20.2 Å². The smallest absolute Gasteiger partial charge is 0.234 e. The van der Waals surface area contributed by atoms with E-state index in [0.717, 1.165) is 34.0 Å². The summed E-state index contributed by atoms with van der Waals surface area (Å²) in [4.78, 5) is 22.7. The molecule has 2 aromatic carbocycles. The van der Waals surface area contributed by atoms with Crippen LogP contribution in [0.15, 0.2) is 60.1 Å². The Balaban J connectivity index is 1.46. The molecule has 172 valence electrons. The van der Waals surface area contributed by atoms with Gasteiger partial charge in [-0.05, 0) is 42.8 Å². The number of aromatic amines is 1. The summed E-state index contributed by atoms with van der Waals surface area (Å²) in [7, 11) is 3.61. The third-order valence-corrected chi connectivity index (χ3v) is 6.81. The van der Waals surface area contributed by atoms with Crippen molar-refractivity contribution in [2.24, 2.45) is 0 Å². The highest BCUT2D eigenvalue weighted by molar-refractivity contribution is 7.09. The molecule has 0 aliphatic rings. The lowest BCUT2D eigenvalue weighted by Crippen LogP contribution is -2.37. The van der Waals surface area contributed by atoms with E-state index in [1.807, 2.05) is 42.4 Å². The topological polar surface area (TPSA) is 70.2 Å². The van der Waals surface area contributed by atoms with Gasteiger partial charge in [0.25, 0.3) is 0 Å². The van der Waals surface area contributed by atoms with Gasteiger partial charge in [-0.25, -0.2) is 4.98 Å². The first-order valence-electron chi connectivity index (χ1n) is 11.2. The zero-order valence-corrected chi connectivity index (χ0v) is 20.1. The lowest BCUT2D eigenvalue weighted by molar-refractivity contribution is -0.122. The zero-order valence-electron chi connectivity index (χ0n) is 19.3. The maximum absolute atomic E-state index is 12.8. The van der Waals surface area contributed by atoms with Crippen LogP contribution in [0.4, 0.5) is 0 Å². The normalized spacial score (nSPS) is 12.2. The number of nitrogens with one attached hydrogen (secondary N) is 2. The number of benzene rings is 2. The van der Waals surface area contributed by atoms with Gasteiger partial charge >= 0.3 is 0 Å². The number of rotatable bonds is 10. The summed E-state index contributed by atoms with van der Waals surface area (Å²) < 4.78 is 5.32. The largest absolute Gasteiger partial charge is 0.497 e. The van der Waals surface area contributed by atoms with Crippen LogP contribution in [0.25, 0.3) is 10.9 Å². The van der Waals surface area contributed by atoms with Crippen LogP contribution in [0, 0.1) is 0 Å². The third-order valence-electron chi connectivity index (χ3n) is 5.77. The van der Waals surface area contributed by atoms with Crippen LogP contribution in [0.5, 0.6) is 5.75 Å². The number of thiazole rings is 1. The molecule has 2 aromatic heterocycles. The van der Waals surface area contributed by atoms with E-state index in [-0.39, 0.29) is 11.8 Å².